The lowest BCUT2D eigenvalue weighted by atomic mass is 10.1. The second kappa shape index (κ2) is 10.4. The maximum absolute atomic E-state index is 10.9. The Morgan fingerprint density at radius 2 is 1.91 bits per heavy atom. The molecule has 0 unspecified atom stereocenters. The van der Waals surface area contributed by atoms with Crippen LogP contribution in [0.15, 0.2) is 24.3 Å². The number of carbonyl (C=O) groups is 1. The summed E-state index contributed by atoms with van der Waals surface area (Å²) in [6, 6.07) is 8.65. The predicted octanol–water partition coefficient (Wildman–Crippen LogP) is 1.17. The highest BCUT2D eigenvalue weighted by Crippen LogP contribution is 2.25. The second-order valence-corrected chi connectivity index (χ2v) is 7.83. The first kappa shape index (κ1) is 22.0. The molecule has 1 aliphatic heterocycles. The standard InChI is InChI=1S/C22H29N7O3/c1-2-3-12-31-22-25-19-18(27-29(32-15-30)20(19)21(23)26-22)13-16-4-6-17(7-5-16)14-28-10-8-24-9-11-28/h4-7,15,24H,2-3,8-14H2,1H3,(H2,23,25,26). The Labute approximate surface area is 186 Å². The van der Waals surface area contributed by atoms with Crippen molar-refractivity contribution in [2.45, 2.75) is 32.7 Å². The summed E-state index contributed by atoms with van der Waals surface area (Å²) in [5, 5.41) is 7.77. The summed E-state index contributed by atoms with van der Waals surface area (Å²) in [7, 11) is 0. The van der Waals surface area contributed by atoms with Crippen molar-refractivity contribution in [2.24, 2.45) is 0 Å². The molecule has 1 fully saturated rings. The van der Waals surface area contributed by atoms with E-state index in [1.54, 1.807) is 0 Å². The first-order valence-corrected chi connectivity index (χ1v) is 11.0. The molecule has 1 aromatic carbocycles. The van der Waals surface area contributed by atoms with Gasteiger partial charge in [-0.1, -0.05) is 42.5 Å². The number of unbranched alkanes of at least 4 members (excludes halogenated alkanes) is 1. The van der Waals surface area contributed by atoms with Crippen molar-refractivity contribution in [1.82, 2.24) is 30.1 Å². The fourth-order valence-electron chi connectivity index (χ4n) is 3.74. The topological polar surface area (TPSA) is 120 Å². The molecule has 0 spiro atoms. The summed E-state index contributed by atoms with van der Waals surface area (Å²) in [6.45, 7) is 8.01. The molecule has 1 saturated heterocycles. The van der Waals surface area contributed by atoms with E-state index in [2.05, 4.69) is 56.5 Å². The summed E-state index contributed by atoms with van der Waals surface area (Å²) in [6.07, 6.45) is 2.39. The molecule has 10 nitrogen and oxygen atoms in total. The van der Waals surface area contributed by atoms with E-state index in [1.807, 2.05) is 0 Å². The highest BCUT2D eigenvalue weighted by Gasteiger charge is 2.20. The van der Waals surface area contributed by atoms with Gasteiger partial charge in [0.15, 0.2) is 11.3 Å². The first-order chi connectivity index (χ1) is 15.7. The van der Waals surface area contributed by atoms with E-state index in [0.717, 1.165) is 56.0 Å². The predicted molar refractivity (Wildman–Crippen MR) is 120 cm³/mol. The number of benzene rings is 1. The number of nitrogens with zero attached hydrogens (tertiary/aromatic N) is 5. The van der Waals surface area contributed by atoms with E-state index in [-0.39, 0.29) is 11.8 Å². The van der Waals surface area contributed by atoms with Gasteiger partial charge < -0.3 is 20.6 Å². The molecule has 0 atom stereocenters. The minimum absolute atomic E-state index is 0.147. The molecule has 3 aromatic rings. The number of nitrogens with one attached hydrogen (secondary N) is 1. The zero-order valence-electron chi connectivity index (χ0n) is 18.3. The molecule has 0 aliphatic carbocycles. The summed E-state index contributed by atoms with van der Waals surface area (Å²) in [5.41, 5.74) is 9.94. The molecule has 0 saturated carbocycles. The van der Waals surface area contributed by atoms with Gasteiger partial charge in [-0.05, 0) is 17.5 Å². The molecular weight excluding hydrogens is 410 g/mol. The molecule has 3 N–H and O–H groups in total. The lowest BCUT2D eigenvalue weighted by Crippen LogP contribution is -2.42. The van der Waals surface area contributed by atoms with Crippen LogP contribution in [0.25, 0.3) is 11.0 Å². The van der Waals surface area contributed by atoms with E-state index in [0.29, 0.717) is 36.2 Å². The Morgan fingerprint density at radius 1 is 1.16 bits per heavy atom. The quantitative estimate of drug-likeness (QED) is 0.354. The van der Waals surface area contributed by atoms with Crippen molar-refractivity contribution in [3.63, 3.8) is 0 Å². The number of nitrogens with two attached hydrogens (primary N) is 1. The summed E-state index contributed by atoms with van der Waals surface area (Å²) in [5.74, 6) is 0.147. The van der Waals surface area contributed by atoms with Crippen LogP contribution in [0.5, 0.6) is 6.01 Å². The number of nitrogen functional groups attached to an aromatic ring is 1. The Balaban J connectivity index is 1.56. The number of aromatic nitrogens is 4. The van der Waals surface area contributed by atoms with Crippen molar-refractivity contribution in [3.05, 3.63) is 41.1 Å². The third-order valence-corrected chi connectivity index (χ3v) is 5.45. The summed E-state index contributed by atoms with van der Waals surface area (Å²) < 4.78 is 5.64. The maximum atomic E-state index is 10.9. The average molecular weight is 440 g/mol. The normalized spacial score (nSPS) is 14.5. The fraction of sp³-hybridized carbons (Fsp3) is 0.455. The highest BCUT2D eigenvalue weighted by atomic mass is 16.7. The third-order valence-electron chi connectivity index (χ3n) is 5.45. The first-order valence-electron chi connectivity index (χ1n) is 11.0. The van der Waals surface area contributed by atoms with Gasteiger partial charge in [0.25, 0.3) is 0 Å². The van der Waals surface area contributed by atoms with Crippen LogP contribution < -0.4 is 20.6 Å². The molecule has 4 rings (SSSR count). The van der Waals surface area contributed by atoms with Gasteiger partial charge in [0, 0.05) is 39.1 Å². The van der Waals surface area contributed by atoms with Crippen molar-refractivity contribution in [2.75, 3.05) is 38.5 Å². The van der Waals surface area contributed by atoms with Gasteiger partial charge in [0.2, 0.25) is 0 Å². The van der Waals surface area contributed by atoms with Gasteiger partial charge >= 0.3 is 12.5 Å². The van der Waals surface area contributed by atoms with Crippen LogP contribution >= 0.6 is 0 Å². The number of rotatable bonds is 10. The minimum Gasteiger partial charge on any atom is -0.463 e. The lowest BCUT2D eigenvalue weighted by Gasteiger charge is -2.27. The summed E-state index contributed by atoms with van der Waals surface area (Å²) in [4.78, 5) is 28.1. The number of anilines is 1. The zero-order valence-corrected chi connectivity index (χ0v) is 18.3. The van der Waals surface area contributed by atoms with Crippen LogP contribution in [-0.2, 0) is 17.8 Å². The van der Waals surface area contributed by atoms with Gasteiger partial charge in [-0.15, -0.1) is 5.10 Å². The van der Waals surface area contributed by atoms with Crippen LogP contribution in [-0.4, -0.2) is 64.1 Å². The number of carbonyl (C=O) groups excluding carboxylic acids is 1. The van der Waals surface area contributed by atoms with Crippen molar-refractivity contribution in [1.29, 1.82) is 0 Å². The number of fused-ring (bicyclic) bond motifs is 1. The van der Waals surface area contributed by atoms with Crippen molar-refractivity contribution >= 4 is 23.3 Å². The van der Waals surface area contributed by atoms with Crippen LogP contribution in [0.2, 0.25) is 0 Å². The third kappa shape index (κ3) is 5.14. The van der Waals surface area contributed by atoms with Crippen LogP contribution in [0, 0.1) is 0 Å². The second-order valence-electron chi connectivity index (χ2n) is 7.83. The molecule has 10 heteroatoms. The van der Waals surface area contributed by atoms with Crippen molar-refractivity contribution < 1.29 is 14.4 Å². The smallest absolute Gasteiger partial charge is 0.323 e. The number of piperazine rings is 1. The molecule has 0 bridgehead atoms. The van der Waals surface area contributed by atoms with E-state index < -0.39 is 0 Å². The molecule has 0 amide bonds. The Kier molecular flexibility index (Phi) is 7.13. The zero-order chi connectivity index (χ0) is 22.3. The number of hydrogen-bond acceptors (Lipinski definition) is 9. The molecule has 0 radical (unpaired) electrons. The molecule has 170 valence electrons. The molecule has 3 heterocycles. The maximum Gasteiger partial charge on any atom is 0.323 e. The molecule has 2 aromatic heterocycles. The molecule has 1 aliphatic rings. The SMILES string of the molecule is CCCCOc1nc(N)c2c(n1)c(Cc1ccc(CN3CCNCC3)cc1)nn2OC=O. The number of hydrogen-bond donors (Lipinski definition) is 2. The van der Waals surface area contributed by atoms with Crippen LogP contribution in [0.4, 0.5) is 5.82 Å². The van der Waals surface area contributed by atoms with Gasteiger partial charge in [0.1, 0.15) is 5.52 Å². The number of ether oxygens (including phenoxy) is 1. The van der Waals surface area contributed by atoms with Gasteiger partial charge in [-0.25, -0.2) is 0 Å². The van der Waals surface area contributed by atoms with Crippen LogP contribution in [0.1, 0.15) is 36.6 Å². The Bertz CT molecular complexity index is 1050. The molecule has 32 heavy (non-hydrogen) atoms. The minimum atomic E-state index is 0.147. The van der Waals surface area contributed by atoms with Gasteiger partial charge in [-0.3, -0.25) is 9.69 Å². The van der Waals surface area contributed by atoms with Crippen LogP contribution in [0.3, 0.4) is 0 Å². The fourth-order valence-corrected chi connectivity index (χ4v) is 3.74. The van der Waals surface area contributed by atoms with E-state index in [9.17, 15) is 4.79 Å². The van der Waals surface area contributed by atoms with E-state index in [4.69, 9.17) is 15.3 Å². The average Bonchev–Trinajstić information content (AvgIpc) is 3.14. The Hall–Kier alpha value is -3.24. The van der Waals surface area contributed by atoms with E-state index in [1.165, 1.54) is 5.56 Å². The van der Waals surface area contributed by atoms with E-state index >= 15 is 0 Å². The largest absolute Gasteiger partial charge is 0.463 e. The van der Waals surface area contributed by atoms with Crippen molar-refractivity contribution in [3.8, 4) is 6.01 Å². The molecular formula is C22H29N7O3. The van der Waals surface area contributed by atoms with Gasteiger partial charge in [0.05, 0.1) is 12.3 Å². The lowest BCUT2D eigenvalue weighted by molar-refractivity contribution is -0.130. The van der Waals surface area contributed by atoms with Gasteiger partial charge in [-0.2, -0.15) is 9.97 Å². The Morgan fingerprint density at radius 3 is 2.62 bits per heavy atom. The summed E-state index contributed by atoms with van der Waals surface area (Å²) >= 11 is 0. The highest BCUT2D eigenvalue weighted by molar-refractivity contribution is 5.87. The monoisotopic (exact) mass is 439 g/mol.